The van der Waals surface area contributed by atoms with Gasteiger partial charge in [-0.3, -0.25) is 0 Å². The van der Waals surface area contributed by atoms with Gasteiger partial charge in [0.1, 0.15) is 0 Å². The third-order valence-electron chi connectivity index (χ3n) is 3.72. The first kappa shape index (κ1) is 14.4. The molecule has 2 heteroatoms. The number of nitrogens with zero attached hydrogens (tertiary/aromatic N) is 1. The molecule has 0 atom stereocenters. The van der Waals surface area contributed by atoms with Crippen LogP contribution in [-0.4, -0.2) is 7.05 Å². The molecule has 0 heterocycles. The van der Waals surface area contributed by atoms with Gasteiger partial charge in [0.2, 0.25) is 0 Å². The molecule has 2 aromatic rings. The Morgan fingerprint density at radius 2 is 1.55 bits per heavy atom. The molecule has 0 spiro atoms. The van der Waals surface area contributed by atoms with Crippen molar-refractivity contribution in [2.75, 3.05) is 17.7 Å². The zero-order chi connectivity index (χ0) is 14.9. The summed E-state index contributed by atoms with van der Waals surface area (Å²) in [6.45, 7) is 8.87. The van der Waals surface area contributed by atoms with Crippen molar-refractivity contribution in [2.45, 2.75) is 33.1 Å². The fourth-order valence-corrected chi connectivity index (χ4v) is 2.27. The van der Waals surface area contributed by atoms with Crippen LogP contribution >= 0.6 is 0 Å². The van der Waals surface area contributed by atoms with Crippen LogP contribution in [0.1, 0.15) is 31.9 Å². The summed E-state index contributed by atoms with van der Waals surface area (Å²) in [5, 5.41) is 0. The molecule has 106 valence electrons. The number of hydrogen-bond donors (Lipinski definition) is 1. The second-order valence-corrected chi connectivity index (χ2v) is 6.40. The Balaban J connectivity index is 2.43. The van der Waals surface area contributed by atoms with E-state index < -0.39 is 0 Å². The number of benzene rings is 2. The van der Waals surface area contributed by atoms with Crippen LogP contribution in [0.15, 0.2) is 42.5 Å². The van der Waals surface area contributed by atoms with Gasteiger partial charge in [-0.15, -0.1) is 0 Å². The number of nitrogens with two attached hydrogens (primary N) is 1. The van der Waals surface area contributed by atoms with Gasteiger partial charge in [-0.1, -0.05) is 32.9 Å². The standard InChI is InChI=1S/C18H24N2/c1-13-6-7-14(18(2,3)4)12-17(13)20(5)16-10-8-15(19)9-11-16/h6-12H,19H2,1-5H3. The summed E-state index contributed by atoms with van der Waals surface area (Å²) in [7, 11) is 2.10. The van der Waals surface area contributed by atoms with Gasteiger partial charge in [-0.25, -0.2) is 0 Å². The van der Waals surface area contributed by atoms with E-state index >= 15 is 0 Å². The number of rotatable bonds is 2. The molecule has 0 saturated carbocycles. The van der Waals surface area contributed by atoms with Gasteiger partial charge in [0.25, 0.3) is 0 Å². The maximum atomic E-state index is 5.76. The first-order valence-electron chi connectivity index (χ1n) is 6.99. The zero-order valence-corrected chi connectivity index (χ0v) is 13.1. The maximum Gasteiger partial charge on any atom is 0.0440 e. The lowest BCUT2D eigenvalue weighted by molar-refractivity contribution is 0.590. The van der Waals surface area contributed by atoms with E-state index in [1.54, 1.807) is 0 Å². The van der Waals surface area contributed by atoms with Gasteiger partial charge < -0.3 is 10.6 Å². The summed E-state index contributed by atoms with van der Waals surface area (Å²) in [6, 6.07) is 14.7. The van der Waals surface area contributed by atoms with Crippen LogP contribution in [-0.2, 0) is 5.41 Å². The first-order chi connectivity index (χ1) is 9.29. The molecule has 2 nitrogen and oxygen atoms in total. The van der Waals surface area contributed by atoms with Crippen molar-refractivity contribution in [3.05, 3.63) is 53.6 Å². The molecule has 0 amide bonds. The molecule has 2 aromatic carbocycles. The number of aryl methyl sites for hydroxylation is 1. The second kappa shape index (κ2) is 5.20. The van der Waals surface area contributed by atoms with Gasteiger partial charge >= 0.3 is 0 Å². The van der Waals surface area contributed by atoms with Crippen molar-refractivity contribution in [3.63, 3.8) is 0 Å². The Hall–Kier alpha value is -1.96. The van der Waals surface area contributed by atoms with Gasteiger partial charge in [0.05, 0.1) is 0 Å². The van der Waals surface area contributed by atoms with Crippen LogP contribution in [0.4, 0.5) is 17.1 Å². The Bertz CT molecular complexity index is 592. The normalized spacial score (nSPS) is 11.4. The highest BCUT2D eigenvalue weighted by atomic mass is 15.1. The van der Waals surface area contributed by atoms with E-state index in [9.17, 15) is 0 Å². The second-order valence-electron chi connectivity index (χ2n) is 6.40. The third kappa shape index (κ3) is 2.96. The molecule has 0 radical (unpaired) electrons. The lowest BCUT2D eigenvalue weighted by atomic mass is 9.86. The highest BCUT2D eigenvalue weighted by Gasteiger charge is 2.16. The number of nitrogen functional groups attached to an aromatic ring is 1. The van der Waals surface area contributed by atoms with E-state index in [2.05, 4.69) is 70.0 Å². The summed E-state index contributed by atoms with van der Waals surface area (Å²) in [5.74, 6) is 0. The SMILES string of the molecule is Cc1ccc(C(C)(C)C)cc1N(C)c1ccc(N)cc1. The fourth-order valence-electron chi connectivity index (χ4n) is 2.27. The van der Waals surface area contributed by atoms with Gasteiger partial charge in [0.15, 0.2) is 0 Å². The maximum absolute atomic E-state index is 5.76. The topological polar surface area (TPSA) is 29.3 Å². The molecule has 0 fully saturated rings. The van der Waals surface area contributed by atoms with Crippen molar-refractivity contribution < 1.29 is 0 Å². The molecule has 0 aromatic heterocycles. The molecule has 0 aliphatic heterocycles. The summed E-state index contributed by atoms with van der Waals surface area (Å²) >= 11 is 0. The van der Waals surface area contributed by atoms with E-state index in [4.69, 9.17) is 5.73 Å². The molecule has 2 N–H and O–H groups in total. The minimum absolute atomic E-state index is 0.157. The van der Waals surface area contributed by atoms with Gasteiger partial charge in [-0.05, 0) is 53.8 Å². The van der Waals surface area contributed by atoms with E-state index in [0.29, 0.717) is 0 Å². The monoisotopic (exact) mass is 268 g/mol. The molecule has 0 aliphatic carbocycles. The van der Waals surface area contributed by atoms with Crippen LogP contribution in [0.25, 0.3) is 0 Å². The molecule has 0 saturated heterocycles. The summed E-state index contributed by atoms with van der Waals surface area (Å²) in [6.07, 6.45) is 0. The Labute approximate surface area is 122 Å². The predicted octanol–water partition coefficient (Wildman–Crippen LogP) is 4.64. The van der Waals surface area contributed by atoms with E-state index in [1.807, 2.05) is 12.1 Å². The average Bonchev–Trinajstić information content (AvgIpc) is 2.38. The summed E-state index contributed by atoms with van der Waals surface area (Å²) in [5.41, 5.74) is 11.7. The fraction of sp³-hybridized carbons (Fsp3) is 0.333. The van der Waals surface area contributed by atoms with Crippen molar-refractivity contribution in [1.82, 2.24) is 0 Å². The van der Waals surface area contributed by atoms with E-state index in [-0.39, 0.29) is 5.41 Å². The molecular formula is C18H24N2. The van der Waals surface area contributed by atoms with Crippen LogP contribution in [0.5, 0.6) is 0 Å². The largest absolute Gasteiger partial charge is 0.399 e. The molecule has 0 bridgehead atoms. The molecular weight excluding hydrogens is 244 g/mol. The summed E-state index contributed by atoms with van der Waals surface area (Å²) in [4.78, 5) is 2.21. The highest BCUT2D eigenvalue weighted by Crippen LogP contribution is 2.32. The lowest BCUT2D eigenvalue weighted by Gasteiger charge is -2.26. The highest BCUT2D eigenvalue weighted by molar-refractivity contribution is 5.67. The van der Waals surface area contributed by atoms with Crippen LogP contribution in [0.2, 0.25) is 0 Å². The Morgan fingerprint density at radius 1 is 0.950 bits per heavy atom. The molecule has 20 heavy (non-hydrogen) atoms. The minimum Gasteiger partial charge on any atom is -0.399 e. The smallest absolute Gasteiger partial charge is 0.0440 e. The van der Waals surface area contributed by atoms with Crippen LogP contribution < -0.4 is 10.6 Å². The van der Waals surface area contributed by atoms with Gasteiger partial charge in [-0.2, -0.15) is 0 Å². The third-order valence-corrected chi connectivity index (χ3v) is 3.72. The Morgan fingerprint density at radius 3 is 2.10 bits per heavy atom. The number of hydrogen-bond acceptors (Lipinski definition) is 2. The van der Waals surface area contributed by atoms with Crippen molar-refractivity contribution in [2.24, 2.45) is 0 Å². The first-order valence-corrected chi connectivity index (χ1v) is 6.99. The minimum atomic E-state index is 0.157. The van der Waals surface area contributed by atoms with Crippen LogP contribution in [0, 0.1) is 6.92 Å². The quantitative estimate of drug-likeness (QED) is 0.804. The predicted molar refractivity (Wildman–Crippen MR) is 88.8 cm³/mol. The van der Waals surface area contributed by atoms with Crippen LogP contribution in [0.3, 0.4) is 0 Å². The van der Waals surface area contributed by atoms with Crippen molar-refractivity contribution in [1.29, 1.82) is 0 Å². The van der Waals surface area contributed by atoms with E-state index in [0.717, 1.165) is 11.4 Å². The zero-order valence-electron chi connectivity index (χ0n) is 13.1. The molecule has 0 unspecified atom stereocenters. The van der Waals surface area contributed by atoms with Crippen molar-refractivity contribution in [3.8, 4) is 0 Å². The molecule has 0 aliphatic rings. The average molecular weight is 268 g/mol. The van der Waals surface area contributed by atoms with Crippen molar-refractivity contribution >= 4 is 17.1 Å². The summed E-state index contributed by atoms with van der Waals surface area (Å²) < 4.78 is 0. The van der Waals surface area contributed by atoms with E-state index in [1.165, 1.54) is 16.8 Å². The number of anilines is 3. The Kier molecular flexibility index (Phi) is 3.76. The molecule has 2 rings (SSSR count). The van der Waals surface area contributed by atoms with Gasteiger partial charge in [0, 0.05) is 24.1 Å². The lowest BCUT2D eigenvalue weighted by Crippen LogP contribution is -2.15.